The maximum Gasteiger partial charge on any atom is 0.289 e. The van der Waals surface area contributed by atoms with Crippen LogP contribution in [0.1, 0.15) is 50.7 Å². The van der Waals surface area contributed by atoms with Gasteiger partial charge in [0.15, 0.2) is 0 Å². The molecule has 2 amide bonds. The number of hydrogen-bond donors (Lipinski definition) is 0. The molecule has 1 aliphatic heterocycles. The van der Waals surface area contributed by atoms with E-state index >= 15 is 0 Å². The molecule has 2 saturated carbocycles. The normalized spacial score (nSPS) is 29.4. The van der Waals surface area contributed by atoms with Gasteiger partial charge in [0.2, 0.25) is 0 Å². The predicted octanol–water partition coefficient (Wildman–Crippen LogP) is 4.44. The first-order valence-electron chi connectivity index (χ1n) is 11.3. The smallest absolute Gasteiger partial charge is 0.266 e. The van der Waals surface area contributed by atoms with E-state index in [9.17, 15) is 18.0 Å². The lowest BCUT2D eigenvalue weighted by atomic mass is 9.71. The van der Waals surface area contributed by atoms with Crippen molar-refractivity contribution in [2.45, 2.75) is 39.5 Å². The second kappa shape index (κ2) is 7.64. The number of imide groups is 1. The van der Waals surface area contributed by atoms with Crippen LogP contribution in [0.25, 0.3) is 11.1 Å². The summed E-state index contributed by atoms with van der Waals surface area (Å²) in [5, 5.41) is 0.433. The molecule has 0 saturated heterocycles. The Morgan fingerprint density at radius 2 is 1.30 bits per heavy atom. The Bertz CT molecular complexity index is 1180. The third-order valence-electron chi connectivity index (χ3n) is 8.21. The van der Waals surface area contributed by atoms with Crippen molar-refractivity contribution in [2.24, 2.45) is 16.7 Å². The summed E-state index contributed by atoms with van der Waals surface area (Å²) in [6.45, 7) is 4.15. The van der Waals surface area contributed by atoms with Gasteiger partial charge in [-0.25, -0.2) is 0 Å². The average Bonchev–Trinajstić information content (AvgIpc) is 3.28. The van der Waals surface area contributed by atoms with E-state index in [2.05, 4.69) is 6.92 Å². The molecule has 0 spiro atoms. The molecule has 33 heavy (non-hydrogen) atoms. The van der Waals surface area contributed by atoms with Crippen LogP contribution in [0.2, 0.25) is 0 Å². The topological polar surface area (TPSA) is 80.8 Å². The monoisotopic (exact) mass is 465 g/mol. The SMILES string of the molecule is CC12CCC(CC1)C2(C)CS(=O)(=O)ON1C(=O)C(c2ccccc2)=C(c2ccccc2)C1=O. The Labute approximate surface area is 194 Å². The van der Waals surface area contributed by atoms with Crippen LogP contribution in [0.15, 0.2) is 60.7 Å². The first-order chi connectivity index (χ1) is 15.7. The maximum atomic E-state index is 13.4. The van der Waals surface area contributed by atoms with Crippen LogP contribution < -0.4 is 0 Å². The van der Waals surface area contributed by atoms with Crippen LogP contribution in [0.4, 0.5) is 0 Å². The van der Waals surface area contributed by atoms with Crippen LogP contribution in [-0.4, -0.2) is 31.0 Å². The van der Waals surface area contributed by atoms with Gasteiger partial charge in [-0.15, -0.1) is 9.35 Å². The molecular weight excluding hydrogens is 438 g/mol. The van der Waals surface area contributed by atoms with Crippen LogP contribution in [0, 0.1) is 16.7 Å². The highest BCUT2D eigenvalue weighted by Gasteiger charge is 2.60. The molecule has 2 aliphatic carbocycles. The molecule has 2 aromatic rings. The van der Waals surface area contributed by atoms with Gasteiger partial charge in [0.25, 0.3) is 21.9 Å². The highest BCUT2D eigenvalue weighted by atomic mass is 32.2. The Hall–Kier alpha value is -2.77. The summed E-state index contributed by atoms with van der Waals surface area (Å²) in [6, 6.07) is 17.6. The number of carbonyl (C=O) groups is 2. The van der Waals surface area contributed by atoms with E-state index in [0.717, 1.165) is 25.7 Å². The number of fused-ring (bicyclic) bond motifs is 2. The quantitative estimate of drug-likeness (QED) is 0.589. The van der Waals surface area contributed by atoms with E-state index in [1.54, 1.807) is 48.5 Å². The fraction of sp³-hybridized carbons (Fsp3) is 0.385. The summed E-state index contributed by atoms with van der Waals surface area (Å²) in [7, 11) is -4.19. The standard InChI is InChI=1S/C26H27NO5S/c1-25-15-13-20(14-16-25)26(25,2)17-33(30,31)32-27-23(28)21(18-9-5-3-6-10-18)22(24(27)29)19-11-7-4-8-12-19/h3-12,20H,13-17H2,1-2H3. The number of nitrogens with zero attached hydrogens (tertiary/aromatic N) is 1. The summed E-state index contributed by atoms with van der Waals surface area (Å²) in [6.07, 6.45) is 3.98. The van der Waals surface area contributed by atoms with Gasteiger partial charge in [0.1, 0.15) is 0 Å². The molecule has 1 heterocycles. The molecule has 0 aromatic heterocycles. The van der Waals surface area contributed by atoms with Gasteiger partial charge >= 0.3 is 0 Å². The van der Waals surface area contributed by atoms with E-state index in [1.165, 1.54) is 0 Å². The Balaban J connectivity index is 1.48. The van der Waals surface area contributed by atoms with Crippen molar-refractivity contribution in [2.75, 3.05) is 5.75 Å². The number of carbonyl (C=O) groups excluding carboxylic acids is 2. The molecule has 1 atom stereocenters. The van der Waals surface area contributed by atoms with Crippen LogP contribution in [0.5, 0.6) is 0 Å². The lowest BCUT2D eigenvalue weighted by molar-refractivity contribution is -0.161. The molecule has 0 N–H and O–H groups in total. The first kappa shape index (κ1) is 22.0. The molecule has 7 heteroatoms. The van der Waals surface area contributed by atoms with Crippen molar-refractivity contribution in [3.63, 3.8) is 0 Å². The molecule has 1 unspecified atom stereocenters. The minimum atomic E-state index is -4.19. The summed E-state index contributed by atoms with van der Waals surface area (Å²) in [4.78, 5) is 26.7. The van der Waals surface area contributed by atoms with E-state index < -0.39 is 27.3 Å². The number of benzene rings is 2. The minimum Gasteiger partial charge on any atom is -0.266 e. The number of hydrogen-bond acceptors (Lipinski definition) is 5. The van der Waals surface area contributed by atoms with Crippen LogP contribution in [0.3, 0.4) is 0 Å². The zero-order valence-electron chi connectivity index (χ0n) is 18.8. The highest BCUT2D eigenvalue weighted by molar-refractivity contribution is 7.86. The zero-order chi connectivity index (χ0) is 23.4. The zero-order valence-corrected chi connectivity index (χ0v) is 19.6. The highest BCUT2D eigenvalue weighted by Crippen LogP contribution is 2.66. The van der Waals surface area contributed by atoms with Crippen molar-refractivity contribution in [3.8, 4) is 0 Å². The largest absolute Gasteiger partial charge is 0.289 e. The lowest BCUT2D eigenvalue weighted by Gasteiger charge is -2.37. The van der Waals surface area contributed by atoms with Gasteiger partial charge in [-0.05, 0) is 53.6 Å². The molecule has 2 fully saturated rings. The summed E-state index contributed by atoms with van der Waals surface area (Å²) >= 11 is 0. The van der Waals surface area contributed by atoms with Crippen molar-refractivity contribution in [3.05, 3.63) is 71.8 Å². The lowest BCUT2D eigenvalue weighted by Crippen LogP contribution is -2.42. The van der Waals surface area contributed by atoms with Gasteiger partial charge in [0.05, 0.1) is 16.9 Å². The van der Waals surface area contributed by atoms with Crippen molar-refractivity contribution in [1.29, 1.82) is 0 Å². The minimum absolute atomic E-state index is 0.0736. The van der Waals surface area contributed by atoms with Crippen LogP contribution >= 0.6 is 0 Å². The Morgan fingerprint density at radius 3 is 1.70 bits per heavy atom. The van der Waals surface area contributed by atoms with Gasteiger partial charge in [-0.2, -0.15) is 8.42 Å². The van der Waals surface area contributed by atoms with Gasteiger partial charge < -0.3 is 0 Å². The average molecular weight is 466 g/mol. The molecule has 172 valence electrons. The molecule has 5 rings (SSSR count). The van der Waals surface area contributed by atoms with Gasteiger partial charge in [-0.3, -0.25) is 9.59 Å². The Kier molecular flexibility index (Phi) is 5.10. The molecule has 2 bridgehead atoms. The third-order valence-corrected chi connectivity index (χ3v) is 9.53. The van der Waals surface area contributed by atoms with E-state index in [0.29, 0.717) is 22.1 Å². The van der Waals surface area contributed by atoms with E-state index in [4.69, 9.17) is 4.28 Å². The van der Waals surface area contributed by atoms with Gasteiger partial charge in [-0.1, -0.05) is 74.5 Å². The summed E-state index contributed by atoms with van der Waals surface area (Å²) < 4.78 is 31.7. The number of rotatable bonds is 6. The molecule has 3 aliphatic rings. The van der Waals surface area contributed by atoms with E-state index in [1.807, 2.05) is 19.1 Å². The second-order valence-corrected chi connectivity index (χ2v) is 11.5. The molecule has 0 radical (unpaired) electrons. The second-order valence-electron chi connectivity index (χ2n) is 9.92. The first-order valence-corrected chi connectivity index (χ1v) is 12.9. The fourth-order valence-electron chi connectivity index (χ4n) is 6.08. The van der Waals surface area contributed by atoms with Gasteiger partial charge in [0, 0.05) is 0 Å². The predicted molar refractivity (Wildman–Crippen MR) is 125 cm³/mol. The third kappa shape index (κ3) is 3.45. The van der Waals surface area contributed by atoms with Crippen molar-refractivity contribution < 1.29 is 22.3 Å². The number of hydroxylamine groups is 2. The van der Waals surface area contributed by atoms with Crippen LogP contribution in [-0.2, 0) is 24.0 Å². The maximum absolute atomic E-state index is 13.4. The summed E-state index contributed by atoms with van der Waals surface area (Å²) in [5.41, 5.74) is 0.839. The fourth-order valence-corrected chi connectivity index (χ4v) is 7.81. The Morgan fingerprint density at radius 1 is 0.848 bits per heavy atom. The molecule has 6 nitrogen and oxygen atoms in total. The molecular formula is C26H27NO5S. The van der Waals surface area contributed by atoms with Crippen molar-refractivity contribution in [1.82, 2.24) is 5.06 Å². The van der Waals surface area contributed by atoms with E-state index in [-0.39, 0.29) is 22.3 Å². The summed E-state index contributed by atoms with van der Waals surface area (Å²) in [5.74, 6) is -1.43. The van der Waals surface area contributed by atoms with Crippen molar-refractivity contribution >= 4 is 33.1 Å². The molecule has 2 aromatic carbocycles. The number of amides is 2.